The molecule has 1 aromatic heterocycles. The lowest BCUT2D eigenvalue weighted by molar-refractivity contribution is -0.138. The van der Waals surface area contributed by atoms with Crippen LogP contribution in [0.25, 0.3) is 10.9 Å². The fourth-order valence-corrected chi connectivity index (χ4v) is 1.98. The minimum absolute atomic E-state index is 0.223. The molecule has 0 bridgehead atoms. The number of nitrogens with zero attached hydrogens (tertiary/aromatic N) is 1. The van der Waals surface area contributed by atoms with Crippen molar-refractivity contribution in [1.82, 2.24) is 4.57 Å². The molecule has 5 nitrogen and oxygen atoms in total. The molecule has 0 saturated heterocycles. The van der Waals surface area contributed by atoms with Crippen LogP contribution in [0.15, 0.2) is 30.5 Å². The monoisotopic (exact) mass is 248 g/mol. The molecule has 2 rings (SSSR count). The number of hydrogen-bond acceptors (Lipinski definition) is 3. The molecule has 0 saturated carbocycles. The highest BCUT2D eigenvalue weighted by Crippen LogP contribution is 2.24. The van der Waals surface area contributed by atoms with Gasteiger partial charge in [0.25, 0.3) is 0 Å². The topological polar surface area (TPSA) is 74.5 Å². The van der Waals surface area contributed by atoms with E-state index in [1.807, 2.05) is 42.1 Å². The average Bonchev–Trinajstić information content (AvgIpc) is 2.64. The average molecular weight is 248 g/mol. The molecule has 0 spiro atoms. The molecule has 1 atom stereocenters. The Hall–Kier alpha value is -2.01. The van der Waals surface area contributed by atoms with E-state index >= 15 is 0 Å². The summed E-state index contributed by atoms with van der Waals surface area (Å²) in [6.45, 7) is 0.223. The van der Waals surface area contributed by atoms with Crippen LogP contribution in [-0.4, -0.2) is 33.4 Å². The lowest BCUT2D eigenvalue weighted by Gasteiger charge is -2.09. The van der Waals surface area contributed by atoms with E-state index in [1.165, 1.54) is 0 Å². The molecule has 1 unspecified atom stereocenters. The lowest BCUT2D eigenvalue weighted by atomic mass is 10.2. The Morgan fingerprint density at radius 2 is 2.17 bits per heavy atom. The first-order valence-corrected chi connectivity index (χ1v) is 5.75. The van der Waals surface area contributed by atoms with Crippen LogP contribution in [0.1, 0.15) is 6.42 Å². The molecular weight excluding hydrogens is 232 g/mol. The van der Waals surface area contributed by atoms with Gasteiger partial charge in [0, 0.05) is 30.7 Å². The number of aliphatic hydroxyl groups excluding tert-OH is 1. The summed E-state index contributed by atoms with van der Waals surface area (Å²) in [4.78, 5) is 10.4. The minimum atomic E-state index is -0.998. The van der Waals surface area contributed by atoms with Crippen LogP contribution in [0.4, 0.5) is 5.69 Å². The zero-order valence-electron chi connectivity index (χ0n) is 10.1. The fraction of sp³-hybridized carbons (Fsp3) is 0.308. The summed E-state index contributed by atoms with van der Waals surface area (Å²) >= 11 is 0. The third kappa shape index (κ3) is 2.62. The number of para-hydroxylation sites is 1. The summed E-state index contributed by atoms with van der Waals surface area (Å²) < 4.78 is 1.99. The van der Waals surface area contributed by atoms with Gasteiger partial charge in [-0.2, -0.15) is 0 Å². The van der Waals surface area contributed by atoms with Crippen LogP contribution >= 0.6 is 0 Å². The van der Waals surface area contributed by atoms with Gasteiger partial charge in [-0.05, 0) is 6.07 Å². The number of aliphatic hydroxyl groups is 1. The molecule has 2 aromatic rings. The van der Waals surface area contributed by atoms with Gasteiger partial charge in [0.05, 0.1) is 18.2 Å². The molecule has 1 heterocycles. The van der Waals surface area contributed by atoms with Crippen molar-refractivity contribution in [2.45, 2.75) is 12.5 Å². The van der Waals surface area contributed by atoms with Crippen LogP contribution in [0.3, 0.4) is 0 Å². The Kier molecular flexibility index (Phi) is 3.53. The fourth-order valence-electron chi connectivity index (χ4n) is 1.98. The van der Waals surface area contributed by atoms with Crippen LogP contribution in [0.5, 0.6) is 0 Å². The highest BCUT2D eigenvalue weighted by molar-refractivity contribution is 5.92. The van der Waals surface area contributed by atoms with Crippen LogP contribution < -0.4 is 5.32 Å². The zero-order valence-corrected chi connectivity index (χ0v) is 10.1. The number of carboxylic acid groups (broad SMARTS) is 1. The molecule has 0 fully saturated rings. The molecule has 0 aliphatic heterocycles. The van der Waals surface area contributed by atoms with E-state index in [2.05, 4.69) is 5.32 Å². The van der Waals surface area contributed by atoms with Gasteiger partial charge in [-0.25, -0.2) is 0 Å². The molecule has 0 amide bonds. The highest BCUT2D eigenvalue weighted by atomic mass is 16.4. The number of aryl methyl sites for hydroxylation is 1. The lowest BCUT2D eigenvalue weighted by Crippen LogP contribution is -2.22. The highest BCUT2D eigenvalue weighted by Gasteiger charge is 2.11. The van der Waals surface area contributed by atoms with Gasteiger partial charge in [0.2, 0.25) is 0 Å². The Morgan fingerprint density at radius 3 is 2.89 bits per heavy atom. The van der Waals surface area contributed by atoms with Gasteiger partial charge in [0.15, 0.2) is 0 Å². The van der Waals surface area contributed by atoms with E-state index in [1.54, 1.807) is 0 Å². The third-order valence-corrected chi connectivity index (χ3v) is 2.84. The number of anilines is 1. The largest absolute Gasteiger partial charge is 0.481 e. The van der Waals surface area contributed by atoms with Gasteiger partial charge < -0.3 is 20.1 Å². The predicted molar refractivity (Wildman–Crippen MR) is 69.7 cm³/mol. The van der Waals surface area contributed by atoms with E-state index < -0.39 is 12.1 Å². The minimum Gasteiger partial charge on any atom is -0.481 e. The number of aliphatic carboxylic acids is 1. The first kappa shape index (κ1) is 12.4. The summed E-state index contributed by atoms with van der Waals surface area (Å²) in [5.41, 5.74) is 1.99. The van der Waals surface area contributed by atoms with Crippen molar-refractivity contribution in [2.75, 3.05) is 11.9 Å². The Morgan fingerprint density at radius 1 is 1.44 bits per heavy atom. The van der Waals surface area contributed by atoms with Crippen molar-refractivity contribution in [3.8, 4) is 0 Å². The normalized spacial score (nSPS) is 12.6. The smallest absolute Gasteiger partial charge is 0.306 e. The number of carboxylic acids is 1. The van der Waals surface area contributed by atoms with E-state index in [0.717, 1.165) is 16.6 Å². The standard InChI is InChI=1S/C13H16N2O3/c1-15-8-11(10-4-2-3-5-12(10)15)14-7-9(16)6-13(17)18/h2-5,8-9,14,16H,6-7H2,1H3,(H,17,18). The van der Waals surface area contributed by atoms with Gasteiger partial charge >= 0.3 is 5.97 Å². The van der Waals surface area contributed by atoms with Crippen molar-refractivity contribution in [2.24, 2.45) is 7.05 Å². The molecule has 0 aliphatic carbocycles. The molecular formula is C13H16N2O3. The van der Waals surface area contributed by atoms with Crippen molar-refractivity contribution in [1.29, 1.82) is 0 Å². The number of benzene rings is 1. The first-order valence-electron chi connectivity index (χ1n) is 5.75. The molecule has 1 aromatic carbocycles. The van der Waals surface area contributed by atoms with Gasteiger partial charge in [-0.15, -0.1) is 0 Å². The maximum Gasteiger partial charge on any atom is 0.306 e. The second-order valence-corrected chi connectivity index (χ2v) is 4.30. The van der Waals surface area contributed by atoms with Gasteiger partial charge in [-0.3, -0.25) is 4.79 Å². The summed E-state index contributed by atoms with van der Waals surface area (Å²) in [6.07, 6.45) is 0.789. The summed E-state index contributed by atoms with van der Waals surface area (Å²) in [5.74, 6) is -0.998. The van der Waals surface area contributed by atoms with E-state index in [4.69, 9.17) is 5.11 Å². The SMILES string of the molecule is Cn1cc(NCC(O)CC(=O)O)c2ccccc21. The van der Waals surface area contributed by atoms with Crippen molar-refractivity contribution >= 4 is 22.6 Å². The number of rotatable bonds is 5. The summed E-state index contributed by atoms with van der Waals surface area (Å²) in [5, 5.41) is 22.2. The van der Waals surface area contributed by atoms with Crippen molar-refractivity contribution < 1.29 is 15.0 Å². The summed E-state index contributed by atoms with van der Waals surface area (Å²) in [7, 11) is 1.95. The molecule has 3 N–H and O–H groups in total. The number of aromatic nitrogens is 1. The molecule has 5 heteroatoms. The molecule has 18 heavy (non-hydrogen) atoms. The predicted octanol–water partition coefficient (Wildman–Crippen LogP) is 1.43. The van der Waals surface area contributed by atoms with Crippen molar-refractivity contribution in [3.05, 3.63) is 30.5 Å². The Labute approximate surface area is 105 Å². The number of hydrogen-bond donors (Lipinski definition) is 3. The van der Waals surface area contributed by atoms with E-state index in [9.17, 15) is 9.90 Å². The second-order valence-electron chi connectivity index (χ2n) is 4.30. The van der Waals surface area contributed by atoms with Gasteiger partial charge in [0.1, 0.15) is 0 Å². The zero-order chi connectivity index (χ0) is 13.1. The van der Waals surface area contributed by atoms with Crippen LogP contribution in [-0.2, 0) is 11.8 Å². The maximum atomic E-state index is 10.4. The summed E-state index contributed by atoms with van der Waals surface area (Å²) in [6, 6.07) is 7.90. The molecule has 0 radical (unpaired) electrons. The Balaban J connectivity index is 2.10. The number of nitrogens with one attached hydrogen (secondary N) is 1. The second kappa shape index (κ2) is 5.10. The number of carbonyl (C=O) groups is 1. The van der Waals surface area contributed by atoms with Crippen molar-refractivity contribution in [3.63, 3.8) is 0 Å². The quantitative estimate of drug-likeness (QED) is 0.748. The Bertz CT molecular complexity index is 562. The van der Waals surface area contributed by atoms with Crippen LogP contribution in [0, 0.1) is 0 Å². The maximum absolute atomic E-state index is 10.4. The third-order valence-electron chi connectivity index (χ3n) is 2.84. The number of fused-ring (bicyclic) bond motifs is 1. The van der Waals surface area contributed by atoms with Crippen LogP contribution in [0.2, 0.25) is 0 Å². The van der Waals surface area contributed by atoms with E-state index in [-0.39, 0.29) is 13.0 Å². The molecule has 0 aliphatic rings. The molecule has 96 valence electrons. The first-order chi connectivity index (χ1) is 8.58. The van der Waals surface area contributed by atoms with E-state index in [0.29, 0.717) is 0 Å². The van der Waals surface area contributed by atoms with Gasteiger partial charge in [-0.1, -0.05) is 18.2 Å².